The molecule has 1 heterocycles. The molecular weight excluding hydrogens is 403 g/mol. The molecule has 0 fully saturated rings. The first-order valence-electron chi connectivity index (χ1n) is 9.56. The van der Waals surface area contributed by atoms with Gasteiger partial charge in [0.2, 0.25) is 0 Å². The van der Waals surface area contributed by atoms with Gasteiger partial charge >= 0.3 is 6.18 Å². The van der Waals surface area contributed by atoms with E-state index in [0.29, 0.717) is 23.0 Å². The third kappa shape index (κ3) is 4.83. The summed E-state index contributed by atoms with van der Waals surface area (Å²) in [6, 6.07) is 23.0. The highest BCUT2D eigenvalue weighted by atomic mass is 19.4. The van der Waals surface area contributed by atoms with Crippen molar-refractivity contribution in [3.63, 3.8) is 0 Å². The summed E-state index contributed by atoms with van der Waals surface area (Å²) in [5, 5.41) is 6.43. The number of anilines is 2. The van der Waals surface area contributed by atoms with Gasteiger partial charge in [-0.1, -0.05) is 54.6 Å². The van der Waals surface area contributed by atoms with E-state index in [1.807, 2.05) is 30.3 Å². The number of halogens is 3. The monoisotopic (exact) mass is 421 g/mol. The number of fused-ring (bicyclic) bond motifs is 1. The molecule has 4 aromatic rings. The standard InChI is InChI=1S/C24H18F3N3O/c25-24(26,27)17-9-6-10-18(13-17)29-22-14-20(19-11-4-5-12-21(19)30-22)23(31)28-15-16-7-2-1-3-8-16/h1-14H,15H2,(H,28,31)(H,29,30). The lowest BCUT2D eigenvalue weighted by Crippen LogP contribution is -2.23. The number of hydrogen-bond acceptors (Lipinski definition) is 3. The molecule has 0 atom stereocenters. The van der Waals surface area contributed by atoms with Gasteiger partial charge in [0.25, 0.3) is 5.91 Å². The summed E-state index contributed by atoms with van der Waals surface area (Å²) in [6.45, 7) is 0.354. The fourth-order valence-electron chi connectivity index (χ4n) is 3.22. The molecule has 0 unspecified atom stereocenters. The van der Waals surface area contributed by atoms with Crippen LogP contribution in [-0.4, -0.2) is 10.9 Å². The van der Waals surface area contributed by atoms with Gasteiger partial charge in [-0.3, -0.25) is 4.79 Å². The van der Waals surface area contributed by atoms with E-state index >= 15 is 0 Å². The summed E-state index contributed by atoms with van der Waals surface area (Å²) in [5.74, 6) is -0.0163. The second kappa shape index (κ2) is 8.47. The zero-order valence-corrected chi connectivity index (χ0v) is 16.3. The minimum Gasteiger partial charge on any atom is -0.348 e. The number of carbonyl (C=O) groups is 1. The number of amides is 1. The Labute approximate surface area is 176 Å². The molecule has 2 N–H and O–H groups in total. The first-order valence-corrected chi connectivity index (χ1v) is 9.56. The Morgan fingerprint density at radius 2 is 1.61 bits per heavy atom. The summed E-state index contributed by atoms with van der Waals surface area (Å²) < 4.78 is 39.0. The molecule has 7 heteroatoms. The van der Waals surface area contributed by atoms with Gasteiger partial charge in [0, 0.05) is 17.6 Å². The first-order chi connectivity index (χ1) is 14.9. The molecule has 0 bridgehead atoms. The van der Waals surface area contributed by atoms with E-state index in [9.17, 15) is 18.0 Å². The van der Waals surface area contributed by atoms with Crippen LogP contribution < -0.4 is 10.6 Å². The lowest BCUT2D eigenvalue weighted by molar-refractivity contribution is -0.137. The van der Waals surface area contributed by atoms with Crippen molar-refractivity contribution in [2.24, 2.45) is 0 Å². The number of benzene rings is 3. The molecule has 0 spiro atoms. The van der Waals surface area contributed by atoms with Crippen LogP contribution in [0.15, 0.2) is 84.9 Å². The van der Waals surface area contributed by atoms with Gasteiger partial charge in [-0.05, 0) is 35.9 Å². The van der Waals surface area contributed by atoms with E-state index in [-0.39, 0.29) is 17.4 Å². The highest BCUT2D eigenvalue weighted by Crippen LogP contribution is 2.31. The summed E-state index contributed by atoms with van der Waals surface area (Å²) in [7, 11) is 0. The number of alkyl halides is 3. The molecule has 0 aliphatic heterocycles. The largest absolute Gasteiger partial charge is 0.416 e. The van der Waals surface area contributed by atoms with E-state index in [1.165, 1.54) is 12.1 Å². The number of aromatic nitrogens is 1. The second-order valence-corrected chi connectivity index (χ2v) is 6.94. The number of rotatable bonds is 5. The van der Waals surface area contributed by atoms with Crippen LogP contribution in [0.5, 0.6) is 0 Å². The van der Waals surface area contributed by atoms with Crippen LogP contribution in [-0.2, 0) is 12.7 Å². The zero-order valence-electron chi connectivity index (χ0n) is 16.3. The minimum atomic E-state index is -4.45. The number of hydrogen-bond donors (Lipinski definition) is 2. The quantitative estimate of drug-likeness (QED) is 0.420. The fraction of sp³-hybridized carbons (Fsp3) is 0.0833. The van der Waals surface area contributed by atoms with Crippen LogP contribution in [0.2, 0.25) is 0 Å². The van der Waals surface area contributed by atoms with Crippen molar-refractivity contribution < 1.29 is 18.0 Å². The topological polar surface area (TPSA) is 54.0 Å². The SMILES string of the molecule is O=C(NCc1ccccc1)c1cc(Nc2cccc(C(F)(F)F)c2)nc2ccccc12. The Kier molecular flexibility index (Phi) is 5.58. The predicted molar refractivity (Wildman–Crippen MR) is 114 cm³/mol. The Morgan fingerprint density at radius 3 is 2.39 bits per heavy atom. The number of nitrogens with one attached hydrogen (secondary N) is 2. The normalized spacial score (nSPS) is 11.3. The van der Waals surface area contributed by atoms with E-state index in [2.05, 4.69) is 15.6 Å². The van der Waals surface area contributed by atoms with Gasteiger partial charge in [0.05, 0.1) is 16.6 Å². The fourth-order valence-corrected chi connectivity index (χ4v) is 3.22. The number of carbonyl (C=O) groups excluding carboxylic acids is 1. The Bertz CT molecular complexity index is 1220. The average molecular weight is 421 g/mol. The molecule has 31 heavy (non-hydrogen) atoms. The van der Waals surface area contributed by atoms with E-state index in [4.69, 9.17) is 0 Å². The van der Waals surface area contributed by atoms with Crippen LogP contribution in [0, 0.1) is 0 Å². The summed E-state index contributed by atoms with van der Waals surface area (Å²) >= 11 is 0. The smallest absolute Gasteiger partial charge is 0.348 e. The van der Waals surface area contributed by atoms with Crippen molar-refractivity contribution in [2.45, 2.75) is 12.7 Å². The van der Waals surface area contributed by atoms with Crippen molar-refractivity contribution in [1.82, 2.24) is 10.3 Å². The van der Waals surface area contributed by atoms with Gasteiger partial charge in [0.15, 0.2) is 0 Å². The maximum Gasteiger partial charge on any atom is 0.416 e. The maximum absolute atomic E-state index is 13.0. The molecular formula is C24H18F3N3O. The molecule has 4 rings (SSSR count). The van der Waals surface area contributed by atoms with Crippen molar-refractivity contribution >= 4 is 28.3 Å². The van der Waals surface area contributed by atoms with Crippen molar-refractivity contribution in [2.75, 3.05) is 5.32 Å². The van der Waals surface area contributed by atoms with E-state index in [1.54, 1.807) is 30.3 Å². The van der Waals surface area contributed by atoms with E-state index in [0.717, 1.165) is 17.7 Å². The highest BCUT2D eigenvalue weighted by molar-refractivity contribution is 6.07. The second-order valence-electron chi connectivity index (χ2n) is 6.94. The molecule has 0 aliphatic carbocycles. The van der Waals surface area contributed by atoms with Crippen LogP contribution in [0.3, 0.4) is 0 Å². The van der Waals surface area contributed by atoms with Crippen molar-refractivity contribution in [3.05, 3.63) is 102 Å². The molecule has 0 radical (unpaired) electrons. The molecule has 0 aliphatic rings. The van der Waals surface area contributed by atoms with Gasteiger partial charge in [0.1, 0.15) is 5.82 Å². The van der Waals surface area contributed by atoms with Gasteiger partial charge in [-0.25, -0.2) is 4.98 Å². The number of pyridine rings is 1. The molecule has 0 saturated heterocycles. The predicted octanol–water partition coefficient (Wildman–Crippen LogP) is 5.93. The third-order valence-corrected chi connectivity index (χ3v) is 4.72. The third-order valence-electron chi connectivity index (χ3n) is 4.72. The van der Waals surface area contributed by atoms with E-state index < -0.39 is 11.7 Å². The Hall–Kier alpha value is -3.87. The van der Waals surface area contributed by atoms with Crippen LogP contribution in [0.1, 0.15) is 21.5 Å². The van der Waals surface area contributed by atoms with Crippen LogP contribution >= 0.6 is 0 Å². The minimum absolute atomic E-state index is 0.230. The Balaban J connectivity index is 1.64. The van der Waals surface area contributed by atoms with Crippen LogP contribution in [0.4, 0.5) is 24.7 Å². The average Bonchev–Trinajstić information content (AvgIpc) is 2.77. The molecule has 3 aromatic carbocycles. The first kappa shape index (κ1) is 20.4. The summed E-state index contributed by atoms with van der Waals surface area (Å²) in [6.07, 6.45) is -4.45. The maximum atomic E-state index is 13.0. The van der Waals surface area contributed by atoms with Gasteiger partial charge < -0.3 is 10.6 Å². The van der Waals surface area contributed by atoms with Gasteiger partial charge in [-0.15, -0.1) is 0 Å². The molecule has 156 valence electrons. The Morgan fingerprint density at radius 1 is 0.871 bits per heavy atom. The molecule has 4 nitrogen and oxygen atoms in total. The van der Waals surface area contributed by atoms with Crippen molar-refractivity contribution in [3.8, 4) is 0 Å². The van der Waals surface area contributed by atoms with Gasteiger partial charge in [-0.2, -0.15) is 13.2 Å². The van der Waals surface area contributed by atoms with Crippen LogP contribution in [0.25, 0.3) is 10.9 Å². The number of para-hydroxylation sites is 1. The molecule has 0 saturated carbocycles. The highest BCUT2D eigenvalue weighted by Gasteiger charge is 2.30. The number of nitrogens with zero attached hydrogens (tertiary/aromatic N) is 1. The lowest BCUT2D eigenvalue weighted by atomic mass is 10.1. The lowest BCUT2D eigenvalue weighted by Gasteiger charge is -2.13. The molecule has 1 aromatic heterocycles. The summed E-state index contributed by atoms with van der Waals surface area (Å²) in [4.78, 5) is 17.4. The zero-order chi connectivity index (χ0) is 21.8. The summed E-state index contributed by atoms with van der Waals surface area (Å²) in [5.41, 5.74) is 1.37. The molecule has 1 amide bonds. The van der Waals surface area contributed by atoms with Crippen molar-refractivity contribution in [1.29, 1.82) is 0 Å².